The number of anilines is 1. The number of likely N-dealkylation sites (N-methyl/N-ethyl adjacent to an activating group) is 1. The van der Waals surface area contributed by atoms with E-state index in [0.717, 1.165) is 36.9 Å². The zero-order valence-corrected chi connectivity index (χ0v) is 26.6. The van der Waals surface area contributed by atoms with Crippen molar-refractivity contribution < 1.29 is 22.7 Å². The second-order valence-corrected chi connectivity index (χ2v) is 13.7. The summed E-state index contributed by atoms with van der Waals surface area (Å²) in [6, 6.07) is 33.4. The lowest BCUT2D eigenvalue weighted by Crippen LogP contribution is -2.47. The van der Waals surface area contributed by atoms with Crippen LogP contribution < -0.4 is 9.04 Å². The van der Waals surface area contributed by atoms with Gasteiger partial charge in [-0.2, -0.15) is 5.26 Å². The second kappa shape index (κ2) is 15.0. The molecule has 0 spiro atoms. The third-order valence-electron chi connectivity index (χ3n) is 7.61. The lowest BCUT2D eigenvalue weighted by Gasteiger charge is -2.32. The van der Waals surface area contributed by atoms with Gasteiger partial charge in [0.1, 0.15) is 31.1 Å². The predicted octanol–water partition coefficient (Wildman–Crippen LogP) is 6.10. The molecule has 0 radical (unpaired) electrons. The van der Waals surface area contributed by atoms with E-state index in [2.05, 4.69) is 44.4 Å². The molecule has 0 amide bonds. The van der Waals surface area contributed by atoms with Gasteiger partial charge < -0.3 is 14.3 Å². The van der Waals surface area contributed by atoms with E-state index in [1.165, 1.54) is 15.9 Å². The first kappa shape index (κ1) is 32.7. The Morgan fingerprint density at radius 1 is 0.886 bits per heavy atom. The van der Waals surface area contributed by atoms with Crippen LogP contribution in [0.15, 0.2) is 108 Å². The highest BCUT2D eigenvalue weighted by atomic mass is 32.2. The molecule has 0 aliphatic rings. The topological polar surface area (TPSA) is 90.6 Å². The first-order valence-corrected chi connectivity index (χ1v) is 16.4. The Morgan fingerprint density at radius 2 is 1.52 bits per heavy atom. The van der Waals surface area contributed by atoms with Crippen molar-refractivity contribution in [2.45, 2.75) is 43.7 Å². The molecule has 0 bridgehead atoms. The quantitative estimate of drug-likeness (QED) is 0.129. The number of aryl methyl sites for hydroxylation is 2. The summed E-state index contributed by atoms with van der Waals surface area (Å²) in [6.07, 6.45) is 2.42. The van der Waals surface area contributed by atoms with Crippen LogP contribution in [0.5, 0.6) is 5.75 Å². The maximum atomic E-state index is 13.8. The summed E-state index contributed by atoms with van der Waals surface area (Å²) < 4.78 is 35.5. The van der Waals surface area contributed by atoms with Gasteiger partial charge in [0, 0.05) is 0 Å². The standard InChI is InChI=1S/C36H42N3O4S/c1-29-17-20-35(21-18-29)44(41,42)38(26-31-15-8-5-9-16-31)33-19-22-36(32(24-33)25-37)43-28-34(40)27-39(2,3)23-11-10-14-30-12-6-4-7-13-30/h4-9,12-13,15-22,24,34,40H,10-11,14,23,26-28H2,1-3H3/q+1. The number of unbranched alkanes of at least 4 members (excludes halogenated alkanes) is 1. The van der Waals surface area contributed by atoms with E-state index >= 15 is 0 Å². The minimum absolute atomic E-state index is 0.0229. The number of sulfonamides is 1. The summed E-state index contributed by atoms with van der Waals surface area (Å²) in [7, 11) is 0.251. The molecule has 4 aromatic carbocycles. The SMILES string of the molecule is Cc1ccc(S(=O)(=O)N(Cc2ccccc2)c2ccc(OCC(O)C[N+](C)(C)CCCCc3ccccc3)c(C#N)c2)cc1. The number of nitriles is 1. The highest BCUT2D eigenvalue weighted by Gasteiger charge is 2.27. The average molecular weight is 613 g/mol. The molecule has 7 nitrogen and oxygen atoms in total. The molecule has 4 rings (SSSR count). The van der Waals surface area contributed by atoms with Gasteiger partial charge in [0.05, 0.1) is 43.3 Å². The molecule has 1 unspecified atom stereocenters. The summed E-state index contributed by atoms with van der Waals surface area (Å²) in [4.78, 5) is 0.168. The predicted molar refractivity (Wildman–Crippen MR) is 175 cm³/mol. The summed E-state index contributed by atoms with van der Waals surface area (Å²) in [6.45, 7) is 3.45. The molecule has 8 heteroatoms. The van der Waals surface area contributed by atoms with E-state index in [0.29, 0.717) is 22.5 Å². The number of hydrogen-bond acceptors (Lipinski definition) is 5. The van der Waals surface area contributed by atoms with Crippen LogP contribution in [0.1, 0.15) is 35.1 Å². The van der Waals surface area contributed by atoms with Crippen LogP contribution in [0.2, 0.25) is 0 Å². The maximum Gasteiger partial charge on any atom is 0.264 e. The van der Waals surface area contributed by atoms with Gasteiger partial charge >= 0.3 is 0 Å². The van der Waals surface area contributed by atoms with E-state index in [-0.39, 0.29) is 23.6 Å². The summed E-state index contributed by atoms with van der Waals surface area (Å²) in [5.74, 6) is 0.302. The third-order valence-corrected chi connectivity index (χ3v) is 9.40. The van der Waals surface area contributed by atoms with Crippen LogP contribution in [0.3, 0.4) is 0 Å². The lowest BCUT2D eigenvalue weighted by molar-refractivity contribution is -0.893. The fourth-order valence-electron chi connectivity index (χ4n) is 5.20. The monoisotopic (exact) mass is 612 g/mol. The highest BCUT2D eigenvalue weighted by molar-refractivity contribution is 7.92. The lowest BCUT2D eigenvalue weighted by atomic mass is 10.1. The van der Waals surface area contributed by atoms with Crippen LogP contribution >= 0.6 is 0 Å². The van der Waals surface area contributed by atoms with Crippen molar-refractivity contribution in [2.24, 2.45) is 0 Å². The molecule has 1 N–H and O–H groups in total. The number of ether oxygens (including phenoxy) is 1. The fourth-order valence-corrected chi connectivity index (χ4v) is 6.65. The first-order valence-electron chi connectivity index (χ1n) is 14.9. The van der Waals surface area contributed by atoms with Crippen LogP contribution in [0, 0.1) is 18.3 Å². The summed E-state index contributed by atoms with van der Waals surface area (Å²) in [5, 5.41) is 20.7. The van der Waals surface area contributed by atoms with Gasteiger partial charge in [0.15, 0.2) is 0 Å². The second-order valence-electron chi connectivity index (χ2n) is 11.9. The summed E-state index contributed by atoms with van der Waals surface area (Å²) >= 11 is 0. The van der Waals surface area contributed by atoms with Crippen molar-refractivity contribution in [1.82, 2.24) is 0 Å². The number of quaternary nitrogens is 1. The van der Waals surface area contributed by atoms with Gasteiger partial charge in [-0.1, -0.05) is 78.4 Å². The zero-order valence-electron chi connectivity index (χ0n) is 25.8. The maximum absolute atomic E-state index is 13.8. The molecular formula is C36H42N3O4S+. The minimum Gasteiger partial charge on any atom is -0.489 e. The third kappa shape index (κ3) is 9.17. The fraction of sp³-hybridized carbons (Fsp3) is 0.306. The zero-order chi connectivity index (χ0) is 31.6. The van der Waals surface area contributed by atoms with Crippen molar-refractivity contribution >= 4 is 15.7 Å². The molecule has 44 heavy (non-hydrogen) atoms. The van der Waals surface area contributed by atoms with E-state index in [1.54, 1.807) is 36.4 Å². The van der Waals surface area contributed by atoms with Crippen molar-refractivity contribution in [1.29, 1.82) is 5.26 Å². The molecule has 0 fully saturated rings. The number of benzene rings is 4. The van der Waals surface area contributed by atoms with E-state index < -0.39 is 16.1 Å². The number of aliphatic hydroxyl groups is 1. The minimum atomic E-state index is -3.94. The molecule has 230 valence electrons. The normalized spacial score (nSPS) is 12.3. The Bertz CT molecular complexity index is 1630. The number of nitrogens with zero attached hydrogens (tertiary/aromatic N) is 3. The van der Waals surface area contributed by atoms with Gasteiger partial charge in [-0.15, -0.1) is 0 Å². The number of aliphatic hydroxyl groups excluding tert-OH is 1. The van der Waals surface area contributed by atoms with Gasteiger partial charge in [0.25, 0.3) is 10.0 Å². The van der Waals surface area contributed by atoms with Crippen LogP contribution in [0.4, 0.5) is 5.69 Å². The van der Waals surface area contributed by atoms with Crippen molar-refractivity contribution in [3.05, 3.63) is 125 Å². The van der Waals surface area contributed by atoms with E-state index in [9.17, 15) is 18.8 Å². The van der Waals surface area contributed by atoms with Gasteiger partial charge in [-0.25, -0.2) is 8.42 Å². The highest BCUT2D eigenvalue weighted by Crippen LogP contribution is 2.30. The molecule has 1 atom stereocenters. The molecule has 0 aliphatic carbocycles. The van der Waals surface area contributed by atoms with Crippen molar-refractivity contribution in [3.8, 4) is 11.8 Å². The molecule has 0 heterocycles. The first-order chi connectivity index (χ1) is 21.1. The van der Waals surface area contributed by atoms with Crippen LogP contribution in [-0.2, 0) is 23.0 Å². The molecule has 0 saturated heterocycles. The molecular weight excluding hydrogens is 570 g/mol. The average Bonchev–Trinajstić information content (AvgIpc) is 3.02. The largest absolute Gasteiger partial charge is 0.489 e. The van der Waals surface area contributed by atoms with Crippen LogP contribution in [-0.4, -0.2) is 57.9 Å². The van der Waals surface area contributed by atoms with Gasteiger partial charge in [-0.05, 0) is 67.6 Å². The Labute approximate surface area is 262 Å². The number of rotatable bonds is 15. The Balaban J connectivity index is 1.43. The molecule has 4 aromatic rings. The Morgan fingerprint density at radius 3 is 2.16 bits per heavy atom. The Hall–Kier alpha value is -4.16. The van der Waals surface area contributed by atoms with Crippen molar-refractivity contribution in [2.75, 3.05) is 38.1 Å². The van der Waals surface area contributed by atoms with Gasteiger partial charge in [-0.3, -0.25) is 4.31 Å². The molecule has 0 saturated carbocycles. The van der Waals surface area contributed by atoms with Crippen molar-refractivity contribution in [3.63, 3.8) is 0 Å². The smallest absolute Gasteiger partial charge is 0.264 e. The number of hydrogen-bond donors (Lipinski definition) is 1. The van der Waals surface area contributed by atoms with Gasteiger partial charge in [0.2, 0.25) is 0 Å². The van der Waals surface area contributed by atoms with E-state index in [1.807, 2.05) is 43.3 Å². The molecule has 0 aromatic heterocycles. The van der Waals surface area contributed by atoms with E-state index in [4.69, 9.17) is 4.74 Å². The Kier molecular flexibility index (Phi) is 11.2. The summed E-state index contributed by atoms with van der Waals surface area (Å²) in [5.41, 5.74) is 3.65. The van der Waals surface area contributed by atoms with Crippen LogP contribution in [0.25, 0.3) is 0 Å². The molecule has 0 aliphatic heterocycles.